The van der Waals surface area contributed by atoms with E-state index in [9.17, 15) is 0 Å². The van der Waals surface area contributed by atoms with Gasteiger partial charge in [-0.25, -0.2) is 0 Å². The molecule has 0 fully saturated rings. The molecule has 3 nitrogen and oxygen atoms in total. The van der Waals surface area contributed by atoms with Gasteiger partial charge in [-0.15, -0.1) is 0 Å². The van der Waals surface area contributed by atoms with Gasteiger partial charge < -0.3 is 10.8 Å². The highest BCUT2D eigenvalue weighted by molar-refractivity contribution is 5.32. The van der Waals surface area contributed by atoms with Crippen LogP contribution in [0.1, 0.15) is 17.2 Å². The van der Waals surface area contributed by atoms with Gasteiger partial charge in [-0.1, -0.05) is 12.1 Å². The Morgan fingerprint density at radius 1 is 1.42 bits per heavy atom. The van der Waals surface area contributed by atoms with Crippen LogP contribution in [0.3, 0.4) is 0 Å². The van der Waals surface area contributed by atoms with Gasteiger partial charge in [0.1, 0.15) is 0 Å². The molecule has 0 aliphatic carbocycles. The molecule has 1 atom stereocenters. The Kier molecular flexibility index (Phi) is 2.81. The SMILES string of the molecule is N#Cc1ccc([C@@H](N)CO)cc1. The highest BCUT2D eigenvalue weighted by Crippen LogP contribution is 2.10. The molecule has 0 saturated carbocycles. The minimum atomic E-state index is -0.349. The highest BCUT2D eigenvalue weighted by Gasteiger charge is 2.02. The van der Waals surface area contributed by atoms with Gasteiger partial charge in [0.15, 0.2) is 0 Å². The van der Waals surface area contributed by atoms with Crippen molar-refractivity contribution in [2.45, 2.75) is 6.04 Å². The first-order chi connectivity index (χ1) is 5.77. The van der Waals surface area contributed by atoms with E-state index in [0.29, 0.717) is 5.56 Å². The molecule has 0 unspecified atom stereocenters. The monoisotopic (exact) mass is 162 g/mol. The molecule has 1 aromatic rings. The van der Waals surface area contributed by atoms with E-state index in [1.165, 1.54) is 0 Å². The van der Waals surface area contributed by atoms with Crippen LogP contribution >= 0.6 is 0 Å². The Hall–Kier alpha value is -1.37. The van der Waals surface area contributed by atoms with Crippen molar-refractivity contribution in [2.75, 3.05) is 6.61 Å². The summed E-state index contributed by atoms with van der Waals surface area (Å²) in [5.41, 5.74) is 7.00. The standard InChI is InChI=1S/C9H10N2O/c10-5-7-1-3-8(4-2-7)9(11)6-12/h1-4,9,12H,6,11H2/t9-/m0/s1. The van der Waals surface area contributed by atoms with Crippen molar-refractivity contribution >= 4 is 0 Å². The molecule has 12 heavy (non-hydrogen) atoms. The summed E-state index contributed by atoms with van der Waals surface area (Å²) in [5.74, 6) is 0. The molecule has 0 amide bonds. The average molecular weight is 162 g/mol. The second kappa shape index (κ2) is 3.86. The Bertz CT molecular complexity index is 286. The quantitative estimate of drug-likeness (QED) is 0.667. The van der Waals surface area contributed by atoms with Gasteiger partial charge in [0, 0.05) is 0 Å². The summed E-state index contributed by atoms with van der Waals surface area (Å²) in [4.78, 5) is 0. The maximum atomic E-state index is 8.72. The molecule has 62 valence electrons. The van der Waals surface area contributed by atoms with Crippen LogP contribution in [-0.2, 0) is 0 Å². The van der Waals surface area contributed by atoms with Crippen LogP contribution in [0.4, 0.5) is 0 Å². The lowest BCUT2D eigenvalue weighted by Gasteiger charge is -2.07. The van der Waals surface area contributed by atoms with Crippen LogP contribution < -0.4 is 5.73 Å². The molecule has 0 aromatic heterocycles. The molecule has 1 rings (SSSR count). The highest BCUT2D eigenvalue weighted by atomic mass is 16.3. The predicted molar refractivity (Wildman–Crippen MR) is 45.2 cm³/mol. The molecule has 3 N–H and O–H groups in total. The number of aliphatic hydroxyl groups excluding tert-OH is 1. The summed E-state index contributed by atoms with van der Waals surface area (Å²) in [7, 11) is 0. The number of nitrogens with zero attached hydrogens (tertiary/aromatic N) is 1. The summed E-state index contributed by atoms with van der Waals surface area (Å²) >= 11 is 0. The van der Waals surface area contributed by atoms with E-state index in [4.69, 9.17) is 16.1 Å². The third kappa shape index (κ3) is 1.82. The van der Waals surface area contributed by atoms with Crippen LogP contribution in [0.15, 0.2) is 24.3 Å². The van der Waals surface area contributed by atoms with Gasteiger partial charge in [-0.2, -0.15) is 5.26 Å². The zero-order valence-corrected chi connectivity index (χ0v) is 6.57. The molecule has 0 aliphatic rings. The van der Waals surface area contributed by atoms with Gasteiger partial charge >= 0.3 is 0 Å². The van der Waals surface area contributed by atoms with Gasteiger partial charge in [0.05, 0.1) is 24.3 Å². The van der Waals surface area contributed by atoms with E-state index in [1.54, 1.807) is 24.3 Å². The molecule has 0 bridgehead atoms. The van der Waals surface area contributed by atoms with E-state index in [1.807, 2.05) is 6.07 Å². The van der Waals surface area contributed by atoms with E-state index in [0.717, 1.165) is 5.56 Å². The Morgan fingerprint density at radius 2 is 2.00 bits per heavy atom. The van der Waals surface area contributed by atoms with Crippen molar-refractivity contribution in [3.05, 3.63) is 35.4 Å². The Labute approximate surface area is 71.1 Å². The Morgan fingerprint density at radius 3 is 2.42 bits per heavy atom. The fourth-order valence-corrected chi connectivity index (χ4v) is 0.910. The van der Waals surface area contributed by atoms with Gasteiger partial charge in [0.2, 0.25) is 0 Å². The molecule has 1 aromatic carbocycles. The number of aliphatic hydroxyl groups is 1. The maximum absolute atomic E-state index is 8.72. The van der Waals surface area contributed by atoms with Crippen molar-refractivity contribution in [1.82, 2.24) is 0 Å². The van der Waals surface area contributed by atoms with Crippen molar-refractivity contribution in [2.24, 2.45) is 5.73 Å². The zero-order chi connectivity index (χ0) is 8.97. The van der Waals surface area contributed by atoms with E-state index >= 15 is 0 Å². The number of hydrogen-bond donors (Lipinski definition) is 2. The number of hydrogen-bond acceptors (Lipinski definition) is 3. The number of nitriles is 1. The number of nitrogens with two attached hydrogens (primary N) is 1. The summed E-state index contributed by atoms with van der Waals surface area (Å²) < 4.78 is 0. The van der Waals surface area contributed by atoms with Crippen molar-refractivity contribution < 1.29 is 5.11 Å². The lowest BCUT2D eigenvalue weighted by Crippen LogP contribution is -2.14. The average Bonchev–Trinajstić information content (AvgIpc) is 2.17. The normalized spacial score (nSPS) is 12.1. The third-order valence-electron chi connectivity index (χ3n) is 1.66. The van der Waals surface area contributed by atoms with Gasteiger partial charge in [-0.3, -0.25) is 0 Å². The topological polar surface area (TPSA) is 70.0 Å². The molecule has 0 aliphatic heterocycles. The molecule has 0 saturated heterocycles. The van der Waals surface area contributed by atoms with Crippen molar-refractivity contribution in [1.29, 1.82) is 5.26 Å². The molecule has 0 spiro atoms. The first-order valence-electron chi connectivity index (χ1n) is 3.64. The summed E-state index contributed by atoms with van der Waals surface area (Å²) in [6.07, 6.45) is 0. The number of benzene rings is 1. The zero-order valence-electron chi connectivity index (χ0n) is 6.57. The lowest BCUT2D eigenvalue weighted by molar-refractivity contribution is 0.268. The van der Waals surface area contributed by atoms with Crippen LogP contribution in [0, 0.1) is 11.3 Å². The van der Waals surface area contributed by atoms with Crippen LogP contribution in [0.2, 0.25) is 0 Å². The summed E-state index contributed by atoms with van der Waals surface area (Å²) in [6.45, 7) is -0.0775. The van der Waals surface area contributed by atoms with E-state index in [2.05, 4.69) is 0 Å². The van der Waals surface area contributed by atoms with Crippen molar-refractivity contribution in [3.63, 3.8) is 0 Å². The smallest absolute Gasteiger partial charge is 0.0991 e. The molecule has 0 radical (unpaired) electrons. The van der Waals surface area contributed by atoms with E-state index in [-0.39, 0.29) is 12.6 Å². The van der Waals surface area contributed by atoms with E-state index < -0.39 is 0 Å². The number of rotatable bonds is 2. The molecular weight excluding hydrogens is 152 g/mol. The first-order valence-corrected chi connectivity index (χ1v) is 3.64. The first kappa shape index (κ1) is 8.72. The van der Waals surface area contributed by atoms with Crippen molar-refractivity contribution in [3.8, 4) is 6.07 Å². The Balaban J connectivity index is 2.86. The maximum Gasteiger partial charge on any atom is 0.0991 e. The fraction of sp³-hybridized carbons (Fsp3) is 0.222. The minimum Gasteiger partial charge on any atom is -0.394 e. The van der Waals surface area contributed by atoms with Crippen LogP contribution in [0.25, 0.3) is 0 Å². The van der Waals surface area contributed by atoms with Gasteiger partial charge in [0.25, 0.3) is 0 Å². The second-order valence-corrected chi connectivity index (χ2v) is 2.52. The summed E-state index contributed by atoms with van der Waals surface area (Å²) in [5, 5.41) is 17.2. The molecule has 3 heteroatoms. The summed E-state index contributed by atoms with van der Waals surface area (Å²) in [6, 6.07) is 8.53. The largest absolute Gasteiger partial charge is 0.394 e. The third-order valence-corrected chi connectivity index (χ3v) is 1.66. The van der Waals surface area contributed by atoms with Crippen LogP contribution in [-0.4, -0.2) is 11.7 Å². The van der Waals surface area contributed by atoms with Gasteiger partial charge in [-0.05, 0) is 17.7 Å². The fourth-order valence-electron chi connectivity index (χ4n) is 0.910. The minimum absolute atomic E-state index is 0.0775. The lowest BCUT2D eigenvalue weighted by atomic mass is 10.1. The van der Waals surface area contributed by atoms with Crippen LogP contribution in [0.5, 0.6) is 0 Å². The second-order valence-electron chi connectivity index (χ2n) is 2.52. The molecule has 0 heterocycles. The predicted octanol–water partition coefficient (Wildman–Crippen LogP) is 0.550. The molecular formula is C9H10N2O.